The van der Waals surface area contributed by atoms with Crippen molar-refractivity contribution in [1.82, 2.24) is 0 Å². The fraction of sp³-hybridized carbons (Fsp3) is 0.250. The van der Waals surface area contributed by atoms with E-state index in [2.05, 4.69) is 26.0 Å². The quantitative estimate of drug-likeness (QED) is 0.429. The molecule has 0 aromatic heterocycles. The van der Waals surface area contributed by atoms with Gasteiger partial charge in [0.1, 0.15) is 5.82 Å². The Morgan fingerprint density at radius 1 is 1.62 bits per heavy atom. The predicted molar refractivity (Wildman–Crippen MR) is 51.7 cm³/mol. The number of benzene rings is 1. The van der Waals surface area contributed by atoms with Crippen LogP contribution in [0.3, 0.4) is 0 Å². The van der Waals surface area contributed by atoms with Crippen LogP contribution in [0, 0.1) is 5.82 Å². The summed E-state index contributed by atoms with van der Waals surface area (Å²) in [5.74, 6) is -0.322. The second kappa shape index (κ2) is 4.25. The highest BCUT2D eigenvalue weighted by atomic mass is 79.9. The highest BCUT2D eigenvalue weighted by Gasteiger charge is 2.05. The van der Waals surface area contributed by atoms with E-state index in [1.807, 2.05) is 0 Å². The van der Waals surface area contributed by atoms with Gasteiger partial charge in [-0.15, -0.1) is 0 Å². The zero-order valence-corrected chi connectivity index (χ0v) is 8.49. The summed E-state index contributed by atoms with van der Waals surface area (Å²) in [5.41, 5.74) is 8.98. The van der Waals surface area contributed by atoms with Gasteiger partial charge in [-0.2, -0.15) is 0 Å². The van der Waals surface area contributed by atoms with Crippen LogP contribution in [0.2, 0.25) is 0 Å². The molecule has 0 spiro atoms. The van der Waals surface area contributed by atoms with Gasteiger partial charge in [-0.3, -0.25) is 0 Å². The summed E-state index contributed by atoms with van der Waals surface area (Å²) < 4.78 is 13.2. The van der Waals surface area contributed by atoms with Crippen molar-refractivity contribution in [3.63, 3.8) is 0 Å². The van der Waals surface area contributed by atoms with Crippen molar-refractivity contribution in [2.45, 2.75) is 13.0 Å². The van der Waals surface area contributed by atoms with Gasteiger partial charge in [0.05, 0.1) is 10.5 Å². The molecular formula is C8H7BrFN3. The van der Waals surface area contributed by atoms with Crippen molar-refractivity contribution in [1.29, 1.82) is 0 Å². The molecule has 0 unspecified atom stereocenters. The highest BCUT2D eigenvalue weighted by molar-refractivity contribution is 9.10. The van der Waals surface area contributed by atoms with Gasteiger partial charge in [0.15, 0.2) is 0 Å². The van der Waals surface area contributed by atoms with Gasteiger partial charge in [0.2, 0.25) is 0 Å². The van der Waals surface area contributed by atoms with Gasteiger partial charge in [-0.05, 0) is 39.2 Å². The van der Waals surface area contributed by atoms with Crippen molar-refractivity contribution in [3.8, 4) is 0 Å². The molecule has 1 aromatic carbocycles. The Morgan fingerprint density at radius 3 is 2.85 bits per heavy atom. The third-order valence-corrected chi connectivity index (χ3v) is 2.26. The Bertz CT molecular complexity index is 360. The SMILES string of the molecule is C[C@@H](N=[N+]=[N-])c1ccc(F)c(Br)c1. The molecule has 0 aliphatic heterocycles. The van der Waals surface area contributed by atoms with Crippen molar-refractivity contribution in [2.24, 2.45) is 5.11 Å². The van der Waals surface area contributed by atoms with E-state index in [9.17, 15) is 4.39 Å². The maximum absolute atomic E-state index is 12.8. The average molecular weight is 244 g/mol. The summed E-state index contributed by atoms with van der Waals surface area (Å²) in [7, 11) is 0. The Balaban J connectivity index is 3.03. The smallest absolute Gasteiger partial charge is 0.137 e. The first-order chi connectivity index (χ1) is 6.15. The van der Waals surface area contributed by atoms with Crippen molar-refractivity contribution in [2.75, 3.05) is 0 Å². The molecule has 5 heteroatoms. The van der Waals surface area contributed by atoms with E-state index in [1.165, 1.54) is 6.07 Å². The van der Waals surface area contributed by atoms with E-state index in [1.54, 1.807) is 19.1 Å². The van der Waals surface area contributed by atoms with Crippen LogP contribution in [-0.4, -0.2) is 0 Å². The molecule has 3 nitrogen and oxygen atoms in total. The molecule has 1 atom stereocenters. The topological polar surface area (TPSA) is 48.8 Å². The van der Waals surface area contributed by atoms with Gasteiger partial charge in [-0.1, -0.05) is 18.1 Å². The van der Waals surface area contributed by atoms with Crippen molar-refractivity contribution >= 4 is 15.9 Å². The first kappa shape index (κ1) is 10.0. The molecule has 0 aliphatic carbocycles. The Labute approximate surface area is 83.3 Å². The van der Waals surface area contributed by atoms with Crippen LogP contribution in [0.5, 0.6) is 0 Å². The number of azide groups is 1. The number of hydrogen-bond donors (Lipinski definition) is 0. The number of hydrogen-bond acceptors (Lipinski definition) is 1. The minimum Gasteiger partial charge on any atom is -0.206 e. The van der Waals surface area contributed by atoms with Crippen LogP contribution >= 0.6 is 15.9 Å². The number of rotatable bonds is 2. The van der Waals surface area contributed by atoms with E-state index in [0.717, 1.165) is 5.56 Å². The molecule has 68 valence electrons. The molecular weight excluding hydrogens is 237 g/mol. The molecule has 1 rings (SSSR count). The van der Waals surface area contributed by atoms with Crippen LogP contribution in [0.25, 0.3) is 10.4 Å². The fourth-order valence-corrected chi connectivity index (χ4v) is 1.31. The molecule has 0 radical (unpaired) electrons. The molecule has 0 heterocycles. The van der Waals surface area contributed by atoms with Gasteiger partial charge < -0.3 is 0 Å². The van der Waals surface area contributed by atoms with Gasteiger partial charge in [0, 0.05) is 4.91 Å². The lowest BCUT2D eigenvalue weighted by Gasteiger charge is -2.05. The van der Waals surface area contributed by atoms with Crippen LogP contribution in [0.15, 0.2) is 27.8 Å². The monoisotopic (exact) mass is 243 g/mol. The molecule has 0 aliphatic rings. The molecule has 1 aromatic rings. The van der Waals surface area contributed by atoms with Gasteiger partial charge in [-0.25, -0.2) is 4.39 Å². The largest absolute Gasteiger partial charge is 0.206 e. The molecule has 0 bridgehead atoms. The maximum atomic E-state index is 12.8. The van der Waals surface area contributed by atoms with Gasteiger partial charge >= 0.3 is 0 Å². The lowest BCUT2D eigenvalue weighted by molar-refractivity contribution is 0.619. The normalized spacial score (nSPS) is 11.9. The van der Waals surface area contributed by atoms with Crippen LogP contribution < -0.4 is 0 Å². The Morgan fingerprint density at radius 2 is 2.31 bits per heavy atom. The second-order valence-corrected chi connectivity index (χ2v) is 3.41. The van der Waals surface area contributed by atoms with Crippen LogP contribution in [0.4, 0.5) is 4.39 Å². The molecule has 0 fully saturated rings. The number of halogens is 2. The summed E-state index contributed by atoms with van der Waals surface area (Å²) in [6.07, 6.45) is 0. The van der Waals surface area contributed by atoms with E-state index >= 15 is 0 Å². The third kappa shape index (κ3) is 2.44. The summed E-state index contributed by atoms with van der Waals surface area (Å²) in [6.45, 7) is 1.75. The summed E-state index contributed by atoms with van der Waals surface area (Å²) in [6, 6.07) is 4.26. The Hall–Kier alpha value is -1.06. The van der Waals surface area contributed by atoms with Crippen LogP contribution in [0.1, 0.15) is 18.5 Å². The second-order valence-electron chi connectivity index (χ2n) is 2.55. The van der Waals surface area contributed by atoms with Gasteiger partial charge in [0.25, 0.3) is 0 Å². The molecule has 0 saturated heterocycles. The summed E-state index contributed by atoms with van der Waals surface area (Å²) >= 11 is 3.06. The van der Waals surface area contributed by atoms with Crippen molar-refractivity contribution in [3.05, 3.63) is 44.5 Å². The third-order valence-electron chi connectivity index (χ3n) is 1.65. The van der Waals surface area contributed by atoms with Crippen molar-refractivity contribution < 1.29 is 4.39 Å². The maximum Gasteiger partial charge on any atom is 0.137 e. The Kier molecular flexibility index (Phi) is 3.28. The molecule has 0 N–H and O–H groups in total. The minimum absolute atomic E-state index is 0.276. The minimum atomic E-state index is -0.322. The van der Waals surface area contributed by atoms with E-state index in [0.29, 0.717) is 4.47 Å². The predicted octanol–water partition coefficient (Wildman–Crippen LogP) is 3.96. The summed E-state index contributed by atoms with van der Waals surface area (Å²) in [5, 5.41) is 3.50. The van der Waals surface area contributed by atoms with Crippen LogP contribution in [-0.2, 0) is 0 Å². The fourth-order valence-electron chi connectivity index (χ4n) is 0.916. The summed E-state index contributed by atoms with van der Waals surface area (Å²) in [4.78, 5) is 2.68. The molecule has 13 heavy (non-hydrogen) atoms. The van der Waals surface area contributed by atoms with E-state index in [-0.39, 0.29) is 11.9 Å². The number of nitrogens with zero attached hydrogens (tertiary/aromatic N) is 3. The zero-order valence-electron chi connectivity index (χ0n) is 6.91. The first-order valence-electron chi connectivity index (χ1n) is 3.64. The highest BCUT2D eigenvalue weighted by Crippen LogP contribution is 2.23. The molecule has 0 saturated carbocycles. The van der Waals surface area contributed by atoms with E-state index in [4.69, 9.17) is 5.53 Å². The standard InChI is InChI=1S/C8H7BrFN3/c1-5(12-13-11)6-2-3-8(10)7(9)4-6/h2-5H,1H3/t5-/m1/s1. The lowest BCUT2D eigenvalue weighted by atomic mass is 10.1. The lowest BCUT2D eigenvalue weighted by Crippen LogP contribution is -1.89. The van der Waals surface area contributed by atoms with E-state index < -0.39 is 0 Å². The molecule has 0 amide bonds. The zero-order chi connectivity index (χ0) is 9.84. The average Bonchev–Trinajstić information content (AvgIpc) is 2.10. The first-order valence-corrected chi connectivity index (χ1v) is 4.43.